The second-order valence-electron chi connectivity index (χ2n) is 7.25. The van der Waals surface area contributed by atoms with Crippen molar-refractivity contribution in [2.45, 2.75) is 43.4 Å². The molecule has 1 heterocycles. The van der Waals surface area contributed by atoms with E-state index in [2.05, 4.69) is 4.98 Å². The van der Waals surface area contributed by atoms with Gasteiger partial charge in [-0.15, -0.1) is 11.3 Å². The summed E-state index contributed by atoms with van der Waals surface area (Å²) in [4.78, 5) is 16.8. The first-order valence-corrected chi connectivity index (χ1v) is 12.3. The lowest BCUT2D eigenvalue weighted by Crippen LogP contribution is -2.14. The first kappa shape index (κ1) is 20.0. The lowest BCUT2D eigenvalue weighted by atomic mass is 10.1. The fraction of sp³-hybridized carbons (Fsp3) is 0.364. The number of aromatic nitrogens is 1. The molecule has 1 aliphatic carbocycles. The topological polar surface area (TPSA) is 73.3 Å². The summed E-state index contributed by atoms with van der Waals surface area (Å²) in [6, 6.07) is 13.3. The highest BCUT2D eigenvalue weighted by atomic mass is 32.2. The molecule has 1 aliphatic rings. The average molecular weight is 430 g/mol. The van der Waals surface area contributed by atoms with Crippen LogP contribution in [0.25, 0.3) is 10.2 Å². The lowest BCUT2D eigenvalue weighted by molar-refractivity contribution is -0.143. The molecular weight excluding hydrogens is 406 g/mol. The van der Waals surface area contributed by atoms with Crippen molar-refractivity contribution < 1.29 is 17.9 Å². The minimum atomic E-state index is -3.47. The first-order valence-electron chi connectivity index (χ1n) is 9.86. The summed E-state index contributed by atoms with van der Waals surface area (Å²) in [5.74, 6) is -0.693. The number of nitrogens with zero attached hydrogens (tertiary/aromatic N) is 1. The van der Waals surface area contributed by atoms with Crippen molar-refractivity contribution in [2.24, 2.45) is 0 Å². The van der Waals surface area contributed by atoms with Crippen LogP contribution < -0.4 is 0 Å². The Hall–Kier alpha value is -2.25. The van der Waals surface area contributed by atoms with Gasteiger partial charge >= 0.3 is 5.97 Å². The van der Waals surface area contributed by atoms with E-state index < -0.39 is 15.8 Å². The van der Waals surface area contributed by atoms with Gasteiger partial charge in [-0.2, -0.15) is 0 Å². The molecule has 0 N–H and O–H groups in total. The number of thiazole rings is 1. The third-order valence-electron chi connectivity index (χ3n) is 5.14. The van der Waals surface area contributed by atoms with E-state index in [-0.39, 0.29) is 18.8 Å². The van der Waals surface area contributed by atoms with Crippen molar-refractivity contribution in [3.63, 3.8) is 0 Å². The van der Waals surface area contributed by atoms with Gasteiger partial charge in [0.15, 0.2) is 9.84 Å². The molecule has 0 radical (unpaired) electrons. The van der Waals surface area contributed by atoms with Crippen molar-refractivity contribution in [3.05, 3.63) is 58.6 Å². The van der Waals surface area contributed by atoms with E-state index in [0.29, 0.717) is 11.3 Å². The number of benzene rings is 2. The molecule has 1 aromatic heterocycles. The zero-order chi connectivity index (χ0) is 20.3. The van der Waals surface area contributed by atoms with E-state index in [1.165, 1.54) is 5.56 Å². The monoisotopic (exact) mass is 429 g/mol. The van der Waals surface area contributed by atoms with E-state index in [9.17, 15) is 13.2 Å². The van der Waals surface area contributed by atoms with Crippen LogP contribution in [0.15, 0.2) is 47.4 Å². The average Bonchev–Trinajstić information content (AvgIpc) is 3.35. The van der Waals surface area contributed by atoms with Crippen molar-refractivity contribution in [1.29, 1.82) is 0 Å². The van der Waals surface area contributed by atoms with Gasteiger partial charge in [-0.1, -0.05) is 18.2 Å². The zero-order valence-corrected chi connectivity index (χ0v) is 17.7. The summed E-state index contributed by atoms with van der Waals surface area (Å²) in [5, 5.41) is 1.02. The summed E-state index contributed by atoms with van der Waals surface area (Å²) < 4.78 is 31.4. The molecule has 4 rings (SSSR count). The Morgan fingerprint density at radius 3 is 2.79 bits per heavy atom. The molecule has 152 valence electrons. The number of sulfone groups is 1. The molecule has 3 aromatic rings. The van der Waals surface area contributed by atoms with Gasteiger partial charge in [0.2, 0.25) is 0 Å². The van der Waals surface area contributed by atoms with Gasteiger partial charge in [0.1, 0.15) is 0 Å². The Balaban J connectivity index is 1.22. The van der Waals surface area contributed by atoms with Crippen molar-refractivity contribution in [2.75, 3.05) is 12.4 Å². The summed E-state index contributed by atoms with van der Waals surface area (Å²) in [6.07, 6.45) is 4.29. The van der Waals surface area contributed by atoms with E-state index in [0.717, 1.165) is 46.5 Å². The summed E-state index contributed by atoms with van der Waals surface area (Å²) in [5.41, 5.74) is 3.33. The number of rotatable bonds is 8. The molecule has 0 unspecified atom stereocenters. The van der Waals surface area contributed by atoms with E-state index in [4.69, 9.17) is 4.74 Å². The van der Waals surface area contributed by atoms with Crippen LogP contribution in [-0.2, 0) is 38.6 Å². The van der Waals surface area contributed by atoms with Crippen LogP contribution in [-0.4, -0.2) is 31.7 Å². The standard InChI is InChI=1S/C22H23NO4S2/c24-22(27-13-4-9-21-23-19-7-1-2-8-20(19)28-21)12-14-29(25,26)18-11-10-16-5-3-6-17(16)15-18/h1-2,7-8,10-11,15H,3-6,9,12-14H2. The molecule has 0 atom stereocenters. The van der Waals surface area contributed by atoms with Gasteiger partial charge in [-0.3, -0.25) is 4.79 Å². The maximum absolute atomic E-state index is 12.5. The van der Waals surface area contributed by atoms with E-state index >= 15 is 0 Å². The van der Waals surface area contributed by atoms with Crippen molar-refractivity contribution >= 4 is 37.4 Å². The predicted octanol–water partition coefficient (Wildman–Crippen LogP) is 4.12. The molecule has 0 saturated heterocycles. The summed E-state index contributed by atoms with van der Waals surface area (Å²) >= 11 is 1.64. The maximum Gasteiger partial charge on any atom is 0.306 e. The highest BCUT2D eigenvalue weighted by Crippen LogP contribution is 2.25. The number of esters is 1. The highest BCUT2D eigenvalue weighted by Gasteiger charge is 2.20. The Morgan fingerprint density at radius 1 is 1.10 bits per heavy atom. The van der Waals surface area contributed by atoms with E-state index in [1.54, 1.807) is 23.5 Å². The van der Waals surface area contributed by atoms with Gasteiger partial charge in [-0.25, -0.2) is 13.4 Å². The molecule has 0 spiro atoms. The quantitative estimate of drug-likeness (QED) is 0.398. The van der Waals surface area contributed by atoms with Gasteiger partial charge in [-0.05, 0) is 61.1 Å². The third-order valence-corrected chi connectivity index (χ3v) is 7.95. The number of para-hydroxylation sites is 1. The number of hydrogen-bond donors (Lipinski definition) is 0. The first-order chi connectivity index (χ1) is 14.0. The predicted molar refractivity (Wildman–Crippen MR) is 114 cm³/mol. The number of aryl methyl sites for hydroxylation is 3. The van der Waals surface area contributed by atoms with Gasteiger partial charge in [0.25, 0.3) is 0 Å². The number of carbonyl (C=O) groups is 1. The molecule has 29 heavy (non-hydrogen) atoms. The van der Waals surface area contributed by atoms with Gasteiger partial charge in [0.05, 0.1) is 38.9 Å². The van der Waals surface area contributed by atoms with Crippen LogP contribution in [0.3, 0.4) is 0 Å². The molecule has 0 fully saturated rings. The number of hydrogen-bond acceptors (Lipinski definition) is 6. The smallest absolute Gasteiger partial charge is 0.306 e. The van der Waals surface area contributed by atoms with E-state index in [1.807, 2.05) is 30.3 Å². The summed E-state index contributed by atoms with van der Waals surface area (Å²) in [6.45, 7) is 0.271. The highest BCUT2D eigenvalue weighted by molar-refractivity contribution is 7.91. The van der Waals surface area contributed by atoms with Crippen LogP contribution in [0, 0.1) is 0 Å². The summed E-state index contributed by atoms with van der Waals surface area (Å²) in [7, 11) is -3.47. The minimum Gasteiger partial charge on any atom is -0.466 e. The lowest BCUT2D eigenvalue weighted by Gasteiger charge is -2.07. The van der Waals surface area contributed by atoms with Gasteiger partial charge in [0, 0.05) is 6.42 Å². The van der Waals surface area contributed by atoms with Crippen LogP contribution in [0.4, 0.5) is 0 Å². The van der Waals surface area contributed by atoms with Crippen LogP contribution >= 0.6 is 11.3 Å². The molecule has 0 bridgehead atoms. The second kappa shape index (κ2) is 8.63. The Kier molecular flexibility index (Phi) is 5.96. The van der Waals surface area contributed by atoms with Crippen LogP contribution in [0.2, 0.25) is 0 Å². The zero-order valence-electron chi connectivity index (χ0n) is 16.1. The minimum absolute atomic E-state index is 0.124. The molecule has 2 aromatic carbocycles. The number of carbonyl (C=O) groups excluding carboxylic acids is 1. The SMILES string of the molecule is O=C(CCS(=O)(=O)c1ccc2c(c1)CCC2)OCCCc1nc2ccccc2s1. The second-order valence-corrected chi connectivity index (χ2v) is 10.5. The largest absolute Gasteiger partial charge is 0.466 e. The normalized spacial score (nSPS) is 13.5. The Bertz CT molecular complexity index is 1100. The number of ether oxygens (including phenoxy) is 1. The number of fused-ring (bicyclic) bond motifs is 2. The molecule has 0 amide bonds. The molecule has 0 aliphatic heterocycles. The van der Waals surface area contributed by atoms with Crippen LogP contribution in [0.1, 0.15) is 35.4 Å². The molecular formula is C22H23NO4S2. The molecule has 7 heteroatoms. The van der Waals surface area contributed by atoms with Gasteiger partial charge < -0.3 is 4.74 Å². The molecule has 0 saturated carbocycles. The molecule has 5 nitrogen and oxygen atoms in total. The fourth-order valence-electron chi connectivity index (χ4n) is 3.59. The Morgan fingerprint density at radius 2 is 1.93 bits per heavy atom. The van der Waals surface area contributed by atoms with Crippen molar-refractivity contribution in [1.82, 2.24) is 4.98 Å². The third kappa shape index (κ3) is 4.85. The maximum atomic E-state index is 12.5. The van der Waals surface area contributed by atoms with Crippen LogP contribution in [0.5, 0.6) is 0 Å². The van der Waals surface area contributed by atoms with Crippen molar-refractivity contribution in [3.8, 4) is 0 Å². The fourth-order valence-corrected chi connectivity index (χ4v) is 5.86. The Labute approximate surface area is 174 Å².